The molecule has 2 atom stereocenters. The summed E-state index contributed by atoms with van der Waals surface area (Å²) in [5.41, 5.74) is 5.34. The lowest BCUT2D eigenvalue weighted by Gasteiger charge is -2.27. The largest absolute Gasteiger partial charge is 0.398 e. The number of hydrogen-bond acceptors (Lipinski definition) is 6. The summed E-state index contributed by atoms with van der Waals surface area (Å²) in [4.78, 5) is 18.2. The van der Waals surface area contributed by atoms with Gasteiger partial charge in [-0.05, 0) is 31.4 Å². The zero-order chi connectivity index (χ0) is 22.6. The number of aromatic nitrogens is 1. The van der Waals surface area contributed by atoms with Crippen molar-refractivity contribution in [3.05, 3.63) is 40.3 Å². The zero-order valence-electron chi connectivity index (χ0n) is 17.3. The quantitative estimate of drug-likeness (QED) is 0.627. The molecule has 4 rings (SSSR count). The number of nitrogens with one attached hydrogen (secondary N) is 1. The van der Waals surface area contributed by atoms with E-state index in [1.165, 1.54) is 37.3 Å². The van der Waals surface area contributed by atoms with E-state index in [1.54, 1.807) is 0 Å². The van der Waals surface area contributed by atoms with Gasteiger partial charge in [-0.25, -0.2) is 9.37 Å². The van der Waals surface area contributed by atoms with Gasteiger partial charge in [0.2, 0.25) is 0 Å². The van der Waals surface area contributed by atoms with Crippen LogP contribution in [0.3, 0.4) is 0 Å². The Kier molecular flexibility index (Phi) is 5.07. The number of anilines is 2. The van der Waals surface area contributed by atoms with Crippen LogP contribution in [0.25, 0.3) is 11.1 Å². The average molecular weight is 444 g/mol. The highest BCUT2D eigenvalue weighted by Gasteiger charge is 2.52. The third-order valence-electron chi connectivity index (χ3n) is 6.37. The first-order valence-corrected chi connectivity index (χ1v) is 10.3. The number of nitrogen functional groups attached to an aromatic ring is 1. The van der Waals surface area contributed by atoms with Crippen molar-refractivity contribution in [3.63, 3.8) is 0 Å². The number of nitriles is 1. The molecular formula is C22H23ClFN5O2. The molecule has 0 saturated heterocycles. The van der Waals surface area contributed by atoms with Crippen molar-refractivity contribution in [2.75, 3.05) is 31.7 Å². The maximum atomic E-state index is 15.4. The molecule has 2 aliphatic rings. The topological polar surface area (TPSA) is 115 Å². The van der Waals surface area contributed by atoms with E-state index in [0.29, 0.717) is 42.2 Å². The SMILES string of the molecule is CN(C)C(=O)c1c(N)ccc(-c2cnc3c(c2Cl)[C@]2(CC[C@@](O)(CC#N)C2)CN3)c1F. The molecule has 0 bridgehead atoms. The molecule has 9 heteroatoms. The third kappa shape index (κ3) is 3.29. The highest BCUT2D eigenvalue weighted by atomic mass is 35.5. The van der Waals surface area contributed by atoms with Crippen molar-refractivity contribution in [2.24, 2.45) is 0 Å². The van der Waals surface area contributed by atoms with Crippen LogP contribution in [0, 0.1) is 17.1 Å². The van der Waals surface area contributed by atoms with E-state index >= 15 is 4.39 Å². The summed E-state index contributed by atoms with van der Waals surface area (Å²) in [5, 5.41) is 23.5. The van der Waals surface area contributed by atoms with Gasteiger partial charge in [-0.2, -0.15) is 5.26 Å². The van der Waals surface area contributed by atoms with E-state index in [4.69, 9.17) is 22.6 Å². The lowest BCUT2D eigenvalue weighted by molar-refractivity contribution is 0.0467. The molecule has 0 radical (unpaired) electrons. The first-order valence-electron chi connectivity index (χ1n) is 9.95. The van der Waals surface area contributed by atoms with E-state index in [1.807, 2.05) is 0 Å². The fraction of sp³-hybridized carbons (Fsp3) is 0.409. The molecule has 0 unspecified atom stereocenters. The van der Waals surface area contributed by atoms with Gasteiger partial charge in [0.25, 0.3) is 5.91 Å². The fourth-order valence-corrected chi connectivity index (χ4v) is 5.26. The molecule has 1 fully saturated rings. The van der Waals surface area contributed by atoms with Gasteiger partial charge in [0.15, 0.2) is 0 Å². The number of halogens is 2. The number of carbonyl (C=O) groups excluding carboxylic acids is 1. The van der Waals surface area contributed by atoms with Gasteiger partial charge in [0, 0.05) is 54.6 Å². The summed E-state index contributed by atoms with van der Waals surface area (Å²) in [6, 6.07) is 5.02. The number of pyridine rings is 1. The van der Waals surface area contributed by atoms with E-state index in [9.17, 15) is 9.90 Å². The first-order chi connectivity index (χ1) is 14.6. The van der Waals surface area contributed by atoms with Crippen molar-refractivity contribution >= 4 is 29.0 Å². The standard InChI is InChI=1S/C22H23ClFN5O2/c1-29(2)20(30)15-14(26)4-3-12(18(15)24)13-9-27-19-16(17(13)23)21(11-28-19)5-6-22(31,10-21)7-8-25/h3-4,9,31H,5-7,10-11,26H2,1-2H3,(H,27,28)/t21-,22+/m0/s1. The minimum atomic E-state index is -1.09. The number of benzene rings is 1. The van der Waals surface area contributed by atoms with Crippen molar-refractivity contribution in [1.29, 1.82) is 5.26 Å². The summed E-state index contributed by atoms with van der Waals surface area (Å²) in [7, 11) is 3.05. The summed E-state index contributed by atoms with van der Waals surface area (Å²) in [6.45, 7) is 0.529. The molecule has 1 aliphatic heterocycles. The Labute approximate surface area is 184 Å². The number of fused-ring (bicyclic) bond motifs is 2. The molecule has 4 N–H and O–H groups in total. The number of nitrogens with zero attached hydrogens (tertiary/aromatic N) is 3. The van der Waals surface area contributed by atoms with Crippen LogP contribution in [0.15, 0.2) is 18.3 Å². The van der Waals surface area contributed by atoms with Gasteiger partial charge >= 0.3 is 0 Å². The minimum Gasteiger partial charge on any atom is -0.398 e. The Morgan fingerprint density at radius 1 is 1.42 bits per heavy atom. The first kappa shape index (κ1) is 21.3. The van der Waals surface area contributed by atoms with Crippen LogP contribution >= 0.6 is 11.6 Å². The monoisotopic (exact) mass is 443 g/mol. The van der Waals surface area contributed by atoms with Gasteiger partial charge in [-0.1, -0.05) is 11.6 Å². The molecule has 1 aromatic heterocycles. The minimum absolute atomic E-state index is 0.0391. The molecule has 2 aromatic rings. The molecule has 1 saturated carbocycles. The van der Waals surface area contributed by atoms with Crippen molar-refractivity contribution in [1.82, 2.24) is 9.88 Å². The molecule has 1 amide bonds. The van der Waals surface area contributed by atoms with Crippen molar-refractivity contribution in [3.8, 4) is 17.2 Å². The third-order valence-corrected chi connectivity index (χ3v) is 6.76. The van der Waals surface area contributed by atoms with Crippen LogP contribution in [0.4, 0.5) is 15.9 Å². The molecule has 7 nitrogen and oxygen atoms in total. The number of aliphatic hydroxyl groups is 1. The highest BCUT2D eigenvalue weighted by molar-refractivity contribution is 6.34. The number of hydrogen-bond donors (Lipinski definition) is 3. The maximum absolute atomic E-state index is 15.4. The second kappa shape index (κ2) is 7.36. The summed E-state index contributed by atoms with van der Waals surface area (Å²) in [6.07, 6.45) is 2.98. The second-order valence-electron chi connectivity index (χ2n) is 8.67. The molecule has 1 aliphatic carbocycles. The lowest BCUT2D eigenvalue weighted by atomic mass is 9.79. The Bertz CT molecular complexity index is 1130. The van der Waals surface area contributed by atoms with E-state index in [0.717, 1.165) is 5.56 Å². The number of amides is 1. The number of nitrogens with two attached hydrogens (primary N) is 1. The van der Waals surface area contributed by atoms with Gasteiger partial charge in [0.1, 0.15) is 11.6 Å². The normalized spacial score (nSPS) is 24.0. The molecule has 31 heavy (non-hydrogen) atoms. The summed E-state index contributed by atoms with van der Waals surface area (Å²) < 4.78 is 15.4. The summed E-state index contributed by atoms with van der Waals surface area (Å²) >= 11 is 6.81. The van der Waals surface area contributed by atoms with Crippen LogP contribution in [0.2, 0.25) is 5.02 Å². The molecule has 162 valence electrons. The maximum Gasteiger partial charge on any atom is 0.258 e. The fourth-order valence-electron chi connectivity index (χ4n) is 4.82. The van der Waals surface area contributed by atoms with E-state index in [-0.39, 0.29) is 23.2 Å². The number of rotatable bonds is 3. The Hall–Kier alpha value is -2.89. The van der Waals surface area contributed by atoms with Gasteiger partial charge in [-0.15, -0.1) is 0 Å². The second-order valence-corrected chi connectivity index (χ2v) is 9.05. The van der Waals surface area contributed by atoms with Gasteiger partial charge in [0.05, 0.1) is 28.7 Å². The van der Waals surface area contributed by atoms with Crippen molar-refractivity contribution < 1.29 is 14.3 Å². The van der Waals surface area contributed by atoms with Crippen LogP contribution in [-0.4, -0.2) is 47.1 Å². The zero-order valence-corrected chi connectivity index (χ0v) is 18.1. The average Bonchev–Trinajstić information content (AvgIpc) is 3.23. The molecule has 1 spiro atoms. The smallest absolute Gasteiger partial charge is 0.258 e. The molecule has 2 heterocycles. The molecular weight excluding hydrogens is 421 g/mol. The van der Waals surface area contributed by atoms with Crippen LogP contribution in [-0.2, 0) is 5.41 Å². The van der Waals surface area contributed by atoms with E-state index in [2.05, 4.69) is 16.4 Å². The molecule has 1 aromatic carbocycles. The Morgan fingerprint density at radius 3 is 2.84 bits per heavy atom. The predicted octanol–water partition coefficient (Wildman–Crippen LogP) is 3.32. The van der Waals surface area contributed by atoms with E-state index < -0.39 is 22.7 Å². The Balaban J connectivity index is 1.84. The van der Waals surface area contributed by atoms with Crippen molar-refractivity contribution in [2.45, 2.75) is 36.7 Å². The number of carbonyl (C=O) groups is 1. The summed E-state index contributed by atoms with van der Waals surface area (Å²) in [5.74, 6) is -0.706. The lowest BCUT2D eigenvalue weighted by Crippen LogP contribution is -2.31. The Morgan fingerprint density at radius 2 is 2.16 bits per heavy atom. The predicted molar refractivity (Wildman–Crippen MR) is 116 cm³/mol. The van der Waals surface area contributed by atoms with Crippen LogP contribution in [0.1, 0.15) is 41.6 Å². The van der Waals surface area contributed by atoms with Crippen LogP contribution in [0.5, 0.6) is 0 Å². The van der Waals surface area contributed by atoms with Gasteiger partial charge in [-0.3, -0.25) is 4.79 Å². The van der Waals surface area contributed by atoms with Gasteiger partial charge < -0.3 is 21.1 Å². The highest BCUT2D eigenvalue weighted by Crippen LogP contribution is 2.55. The van der Waals surface area contributed by atoms with Crippen LogP contribution < -0.4 is 11.1 Å².